The zero-order valence-corrected chi connectivity index (χ0v) is 13.5. The predicted molar refractivity (Wildman–Crippen MR) is 87.0 cm³/mol. The first-order valence-corrected chi connectivity index (χ1v) is 8.43. The molecule has 1 atom stereocenters. The second kappa shape index (κ2) is 6.36. The number of rotatable bonds is 3. The van der Waals surface area contributed by atoms with Crippen LogP contribution in [-0.2, 0) is 9.53 Å². The summed E-state index contributed by atoms with van der Waals surface area (Å²) >= 11 is 0. The van der Waals surface area contributed by atoms with Crippen molar-refractivity contribution in [2.45, 2.75) is 63.1 Å². The van der Waals surface area contributed by atoms with Crippen LogP contribution in [0.4, 0.5) is 0 Å². The summed E-state index contributed by atoms with van der Waals surface area (Å²) in [6.45, 7) is 2.01. The van der Waals surface area contributed by atoms with Crippen LogP contribution in [0.5, 0.6) is 0 Å². The second-order valence-corrected chi connectivity index (χ2v) is 6.71. The van der Waals surface area contributed by atoms with Crippen molar-refractivity contribution in [1.82, 2.24) is 0 Å². The molecule has 1 aliphatic carbocycles. The molecule has 0 radical (unpaired) electrons. The van der Waals surface area contributed by atoms with Gasteiger partial charge in [0.05, 0.1) is 11.7 Å². The van der Waals surface area contributed by atoms with Crippen LogP contribution in [0.25, 0.3) is 0 Å². The number of benzene rings is 1. The fraction of sp³-hybridized carbons (Fsp3) is 0.526. The van der Waals surface area contributed by atoms with Crippen LogP contribution in [0.3, 0.4) is 0 Å². The minimum atomic E-state index is -0.626. The predicted octanol–water partition coefficient (Wildman–Crippen LogP) is 3.61. The second-order valence-electron chi connectivity index (χ2n) is 6.71. The highest BCUT2D eigenvalue weighted by atomic mass is 16.6. The van der Waals surface area contributed by atoms with Crippen molar-refractivity contribution in [2.24, 2.45) is 0 Å². The van der Waals surface area contributed by atoms with Crippen LogP contribution in [0, 0.1) is 0 Å². The highest BCUT2D eigenvalue weighted by molar-refractivity contribution is 5.92. The first kappa shape index (κ1) is 16.1. The molecular weight excluding hydrogens is 292 g/mol. The van der Waals surface area contributed by atoms with E-state index in [0.717, 1.165) is 12.0 Å². The smallest absolute Gasteiger partial charge is 0.338 e. The molecule has 1 spiro atoms. The van der Waals surface area contributed by atoms with Crippen molar-refractivity contribution in [3.05, 3.63) is 47.2 Å². The summed E-state index contributed by atoms with van der Waals surface area (Å²) in [5.74, 6) is -0.385. The molecule has 1 aromatic rings. The Bertz CT molecular complexity index is 597. The van der Waals surface area contributed by atoms with Gasteiger partial charge in [0.2, 0.25) is 0 Å². The number of aliphatic hydroxyl groups excluding tert-OH is 2. The van der Waals surface area contributed by atoms with Gasteiger partial charge in [-0.1, -0.05) is 37.3 Å². The van der Waals surface area contributed by atoms with Gasteiger partial charge in [0, 0.05) is 12.3 Å². The molecule has 0 saturated heterocycles. The van der Waals surface area contributed by atoms with E-state index in [9.17, 15) is 15.0 Å². The molecule has 1 aromatic carbocycles. The third kappa shape index (κ3) is 3.13. The lowest BCUT2D eigenvalue weighted by atomic mass is 9.76. The normalized spacial score (nSPS) is 29.5. The van der Waals surface area contributed by atoms with Gasteiger partial charge in [-0.05, 0) is 37.7 Å². The maximum atomic E-state index is 12.6. The van der Waals surface area contributed by atoms with Gasteiger partial charge in [-0.2, -0.15) is 0 Å². The van der Waals surface area contributed by atoms with E-state index >= 15 is 0 Å². The Labute approximate surface area is 136 Å². The average molecular weight is 316 g/mol. The van der Waals surface area contributed by atoms with Crippen LogP contribution in [0.1, 0.15) is 56.9 Å². The molecule has 1 aliphatic heterocycles. The summed E-state index contributed by atoms with van der Waals surface area (Å²) in [5.41, 5.74) is 0.790. The molecule has 2 aliphatic rings. The summed E-state index contributed by atoms with van der Waals surface area (Å²) < 4.78 is 5.78. The van der Waals surface area contributed by atoms with Crippen LogP contribution in [0.2, 0.25) is 0 Å². The third-order valence-corrected chi connectivity index (χ3v) is 5.15. The number of aliphatic hydroxyl groups is 2. The van der Waals surface area contributed by atoms with E-state index in [-0.39, 0.29) is 17.8 Å². The molecule has 1 heterocycles. The standard InChI is InChI=1S/C19H24O4/c1-2-15(13-6-4-3-5-7-13)17-16(21)12-19(23-18(17)22)10-8-14(20)9-11-19/h3-7,14-15,20-21H,2,8-12H2,1H3. The van der Waals surface area contributed by atoms with Crippen molar-refractivity contribution in [1.29, 1.82) is 0 Å². The number of hydrogen-bond acceptors (Lipinski definition) is 4. The molecule has 124 valence electrons. The SMILES string of the molecule is CCC(C1=C(O)CC2(CCC(O)CC2)OC1=O)c1ccccc1. The van der Waals surface area contributed by atoms with Crippen LogP contribution in [-0.4, -0.2) is 27.9 Å². The minimum absolute atomic E-state index is 0.143. The lowest BCUT2D eigenvalue weighted by Crippen LogP contribution is -2.44. The van der Waals surface area contributed by atoms with E-state index in [1.54, 1.807) is 0 Å². The molecule has 0 amide bonds. The van der Waals surface area contributed by atoms with Gasteiger partial charge < -0.3 is 14.9 Å². The van der Waals surface area contributed by atoms with Crippen molar-refractivity contribution in [3.8, 4) is 0 Å². The van der Waals surface area contributed by atoms with Crippen molar-refractivity contribution in [2.75, 3.05) is 0 Å². The van der Waals surface area contributed by atoms with Gasteiger partial charge in [-0.3, -0.25) is 0 Å². The Morgan fingerprint density at radius 2 is 1.91 bits per heavy atom. The van der Waals surface area contributed by atoms with Gasteiger partial charge in [0.1, 0.15) is 11.4 Å². The van der Waals surface area contributed by atoms with Crippen LogP contribution < -0.4 is 0 Å². The molecular formula is C19H24O4. The quantitative estimate of drug-likeness (QED) is 0.836. The number of hydrogen-bond donors (Lipinski definition) is 2. The van der Waals surface area contributed by atoms with E-state index in [0.29, 0.717) is 37.7 Å². The fourth-order valence-corrected chi connectivity index (χ4v) is 3.85. The van der Waals surface area contributed by atoms with Crippen molar-refractivity contribution < 1.29 is 19.7 Å². The van der Waals surface area contributed by atoms with Crippen molar-refractivity contribution >= 4 is 5.97 Å². The summed E-state index contributed by atoms with van der Waals surface area (Å²) in [5, 5.41) is 20.3. The number of carbonyl (C=O) groups excluding carboxylic acids is 1. The summed E-state index contributed by atoms with van der Waals surface area (Å²) in [4.78, 5) is 12.6. The van der Waals surface area contributed by atoms with Crippen molar-refractivity contribution in [3.63, 3.8) is 0 Å². The van der Waals surface area contributed by atoms with Gasteiger partial charge >= 0.3 is 5.97 Å². The highest BCUT2D eigenvalue weighted by Crippen LogP contribution is 2.43. The number of ether oxygens (including phenoxy) is 1. The largest absolute Gasteiger partial charge is 0.512 e. The van der Waals surface area contributed by atoms with E-state index in [1.165, 1.54) is 0 Å². The zero-order chi connectivity index (χ0) is 16.4. The Balaban J connectivity index is 1.89. The molecule has 1 fully saturated rings. The van der Waals surface area contributed by atoms with Crippen LogP contribution in [0.15, 0.2) is 41.7 Å². The summed E-state index contributed by atoms with van der Waals surface area (Å²) in [7, 11) is 0. The maximum Gasteiger partial charge on any atom is 0.338 e. The number of esters is 1. The highest BCUT2D eigenvalue weighted by Gasteiger charge is 2.45. The summed E-state index contributed by atoms with van der Waals surface area (Å²) in [6.07, 6.45) is 3.23. The molecule has 1 unspecified atom stereocenters. The van der Waals surface area contributed by atoms with Gasteiger partial charge in [-0.15, -0.1) is 0 Å². The molecule has 23 heavy (non-hydrogen) atoms. The molecule has 0 bridgehead atoms. The van der Waals surface area contributed by atoms with E-state index in [2.05, 4.69) is 0 Å². The van der Waals surface area contributed by atoms with E-state index < -0.39 is 11.6 Å². The average Bonchev–Trinajstić information content (AvgIpc) is 2.55. The van der Waals surface area contributed by atoms with Gasteiger partial charge in [0.15, 0.2) is 0 Å². The number of carbonyl (C=O) groups is 1. The van der Waals surface area contributed by atoms with Gasteiger partial charge in [0.25, 0.3) is 0 Å². The van der Waals surface area contributed by atoms with E-state index in [1.807, 2.05) is 37.3 Å². The molecule has 3 rings (SSSR count). The minimum Gasteiger partial charge on any atom is -0.512 e. The Morgan fingerprint density at radius 1 is 1.26 bits per heavy atom. The molecule has 1 saturated carbocycles. The maximum absolute atomic E-state index is 12.6. The Morgan fingerprint density at radius 3 is 2.48 bits per heavy atom. The molecule has 2 N–H and O–H groups in total. The topological polar surface area (TPSA) is 66.8 Å². The Hall–Kier alpha value is -1.81. The van der Waals surface area contributed by atoms with E-state index in [4.69, 9.17) is 4.74 Å². The van der Waals surface area contributed by atoms with Crippen LogP contribution >= 0.6 is 0 Å². The lowest BCUT2D eigenvalue weighted by molar-refractivity contribution is -0.165. The van der Waals surface area contributed by atoms with Gasteiger partial charge in [-0.25, -0.2) is 4.79 Å². The zero-order valence-electron chi connectivity index (χ0n) is 13.5. The molecule has 4 heteroatoms. The molecule has 4 nitrogen and oxygen atoms in total. The monoisotopic (exact) mass is 316 g/mol. The lowest BCUT2D eigenvalue weighted by Gasteiger charge is -2.42. The fourth-order valence-electron chi connectivity index (χ4n) is 3.85. The first-order valence-electron chi connectivity index (χ1n) is 8.43. The molecule has 0 aromatic heterocycles. The first-order chi connectivity index (χ1) is 11.0. The Kier molecular flexibility index (Phi) is 4.44. The third-order valence-electron chi connectivity index (χ3n) is 5.15. The summed E-state index contributed by atoms with van der Waals surface area (Å²) in [6, 6.07) is 9.76.